The maximum atomic E-state index is 2.33. The van der Waals surface area contributed by atoms with Crippen LogP contribution in [0.25, 0.3) is 0 Å². The third kappa shape index (κ3) is 23.7. The molecule has 4 heteroatoms. The van der Waals surface area contributed by atoms with Crippen LogP contribution in [0.5, 0.6) is 0 Å². The molecule has 0 nitrogen and oxygen atoms in total. The van der Waals surface area contributed by atoms with Crippen LogP contribution in [0.4, 0.5) is 0 Å². The summed E-state index contributed by atoms with van der Waals surface area (Å²) in [4.78, 5) is 0. The Labute approximate surface area is 173 Å². The molecule has 0 saturated heterocycles. The largest absolute Gasteiger partial charge is 1.00 e. The van der Waals surface area contributed by atoms with Crippen LogP contribution in [0, 0.1) is 5.92 Å². The van der Waals surface area contributed by atoms with Crippen LogP contribution in [-0.4, -0.2) is 0 Å². The van der Waals surface area contributed by atoms with Crippen LogP contribution in [0.2, 0.25) is 0 Å². The van der Waals surface area contributed by atoms with Crippen LogP contribution in [-0.2, 0) is 0 Å². The molecule has 1 atom stereocenters. The predicted octanol–water partition coefficient (Wildman–Crippen LogP) is -8.31. The minimum atomic E-state index is 0. The molecule has 0 aromatic carbocycles. The van der Waals surface area contributed by atoms with Crippen molar-refractivity contribution < 1.29 is 124 Å². The standard InChI is InChI=1S/C8H18.4Na.4H/c1-4-6-7-8(3)5-2;;;;;;;;/h8H,4-7H2,1-3H3;;;;;;;;/q;4*+1;4*-1. The van der Waals surface area contributed by atoms with Gasteiger partial charge in [0.25, 0.3) is 0 Å². The van der Waals surface area contributed by atoms with E-state index in [2.05, 4.69) is 20.8 Å². The maximum Gasteiger partial charge on any atom is 1.00 e. The average Bonchev–Trinajstić information content (AvgIpc) is 1.83. The van der Waals surface area contributed by atoms with Gasteiger partial charge in [0.1, 0.15) is 0 Å². The van der Waals surface area contributed by atoms with Gasteiger partial charge in [-0.1, -0.05) is 46.5 Å². The molecule has 12 heavy (non-hydrogen) atoms. The van der Waals surface area contributed by atoms with Crippen molar-refractivity contribution in [3.63, 3.8) is 0 Å². The molecule has 0 aromatic heterocycles. The molecular weight excluding hydrogens is 188 g/mol. The number of hydrogen-bond acceptors (Lipinski definition) is 0. The van der Waals surface area contributed by atoms with E-state index < -0.39 is 0 Å². The van der Waals surface area contributed by atoms with Gasteiger partial charge >= 0.3 is 118 Å². The van der Waals surface area contributed by atoms with Crippen molar-refractivity contribution in [3.05, 3.63) is 0 Å². The van der Waals surface area contributed by atoms with Crippen molar-refractivity contribution >= 4 is 0 Å². The van der Waals surface area contributed by atoms with E-state index >= 15 is 0 Å². The molecular formula is C8H22Na4. The van der Waals surface area contributed by atoms with E-state index in [-0.39, 0.29) is 124 Å². The minimum absolute atomic E-state index is 0. The van der Waals surface area contributed by atoms with Crippen LogP contribution in [0.1, 0.15) is 52.2 Å². The van der Waals surface area contributed by atoms with E-state index in [0.717, 1.165) is 5.92 Å². The van der Waals surface area contributed by atoms with Crippen molar-refractivity contribution in [1.82, 2.24) is 0 Å². The fraction of sp³-hybridized carbons (Fsp3) is 1.00. The number of rotatable bonds is 4. The molecule has 0 aliphatic rings. The minimum Gasteiger partial charge on any atom is -1.00 e. The second-order valence-corrected chi connectivity index (χ2v) is 2.66. The first-order valence-electron chi connectivity index (χ1n) is 3.81. The quantitative estimate of drug-likeness (QED) is 0.404. The number of unbranched alkanes of at least 4 members (excludes halogenated alkanes) is 1. The summed E-state index contributed by atoms with van der Waals surface area (Å²) in [6.45, 7) is 6.85. The van der Waals surface area contributed by atoms with Gasteiger partial charge in [-0.3, -0.25) is 0 Å². The zero-order valence-corrected chi connectivity index (χ0v) is 18.4. The van der Waals surface area contributed by atoms with Gasteiger partial charge in [0.15, 0.2) is 0 Å². The van der Waals surface area contributed by atoms with Gasteiger partial charge in [-0.25, -0.2) is 0 Å². The molecule has 0 N–H and O–H groups in total. The Bertz CT molecular complexity index is 63.3. The molecule has 0 amide bonds. The summed E-state index contributed by atoms with van der Waals surface area (Å²) in [5, 5.41) is 0. The summed E-state index contributed by atoms with van der Waals surface area (Å²) in [7, 11) is 0. The molecule has 0 aromatic rings. The van der Waals surface area contributed by atoms with Crippen LogP contribution >= 0.6 is 0 Å². The van der Waals surface area contributed by atoms with E-state index in [9.17, 15) is 0 Å². The Kier molecular flexibility index (Phi) is 60.2. The summed E-state index contributed by atoms with van der Waals surface area (Å²) >= 11 is 0. The molecule has 0 spiro atoms. The Morgan fingerprint density at radius 1 is 1.00 bits per heavy atom. The van der Waals surface area contributed by atoms with Gasteiger partial charge in [-0.05, 0) is 5.92 Å². The second-order valence-electron chi connectivity index (χ2n) is 2.66. The van der Waals surface area contributed by atoms with Crippen molar-refractivity contribution in [2.45, 2.75) is 46.5 Å². The molecule has 0 fully saturated rings. The molecule has 0 radical (unpaired) electrons. The Morgan fingerprint density at radius 3 is 1.67 bits per heavy atom. The first kappa shape index (κ1) is 29.8. The van der Waals surface area contributed by atoms with Crippen molar-refractivity contribution in [2.75, 3.05) is 0 Å². The number of hydrogen-bond donors (Lipinski definition) is 0. The SMILES string of the molecule is CCCCC(C)CC.[H-].[H-].[H-].[H-].[Na+].[Na+].[Na+].[Na+]. The van der Waals surface area contributed by atoms with E-state index in [1.807, 2.05) is 0 Å². The van der Waals surface area contributed by atoms with Gasteiger partial charge in [-0.15, -0.1) is 0 Å². The fourth-order valence-electron chi connectivity index (χ4n) is 0.757. The summed E-state index contributed by atoms with van der Waals surface area (Å²) < 4.78 is 0. The zero-order valence-electron chi connectivity index (χ0n) is 14.4. The topological polar surface area (TPSA) is 0 Å². The molecule has 0 heterocycles. The maximum absolute atomic E-state index is 2.33. The summed E-state index contributed by atoms with van der Waals surface area (Å²) in [5.41, 5.74) is 0. The van der Waals surface area contributed by atoms with Crippen LogP contribution in [0.3, 0.4) is 0 Å². The van der Waals surface area contributed by atoms with E-state index in [0.29, 0.717) is 0 Å². The van der Waals surface area contributed by atoms with Crippen LogP contribution in [0.15, 0.2) is 0 Å². The van der Waals surface area contributed by atoms with E-state index in [4.69, 9.17) is 0 Å². The fourth-order valence-corrected chi connectivity index (χ4v) is 0.757. The Balaban J connectivity index is -0.00000000875. The third-order valence-electron chi connectivity index (χ3n) is 1.75. The normalized spacial score (nSPS) is 9.25. The van der Waals surface area contributed by atoms with Gasteiger partial charge in [0, 0.05) is 0 Å². The van der Waals surface area contributed by atoms with Crippen LogP contribution < -0.4 is 118 Å². The first-order valence-corrected chi connectivity index (χ1v) is 3.81. The molecule has 58 valence electrons. The molecule has 0 aliphatic heterocycles. The summed E-state index contributed by atoms with van der Waals surface area (Å²) in [6.07, 6.45) is 5.53. The van der Waals surface area contributed by atoms with Gasteiger partial charge in [0.05, 0.1) is 0 Å². The molecule has 0 aliphatic carbocycles. The average molecular weight is 210 g/mol. The monoisotopic (exact) mass is 210 g/mol. The summed E-state index contributed by atoms with van der Waals surface area (Å²) in [6, 6.07) is 0. The van der Waals surface area contributed by atoms with Crippen molar-refractivity contribution in [2.24, 2.45) is 5.92 Å². The Morgan fingerprint density at radius 2 is 1.42 bits per heavy atom. The second kappa shape index (κ2) is 24.3. The molecule has 0 saturated carbocycles. The smallest absolute Gasteiger partial charge is 1.00 e. The van der Waals surface area contributed by atoms with E-state index in [1.54, 1.807) is 0 Å². The predicted molar refractivity (Wildman–Crippen MR) is 43.4 cm³/mol. The molecule has 0 rings (SSSR count). The van der Waals surface area contributed by atoms with Gasteiger partial charge in [-0.2, -0.15) is 0 Å². The molecule has 0 bridgehead atoms. The summed E-state index contributed by atoms with van der Waals surface area (Å²) in [5.74, 6) is 0.954. The van der Waals surface area contributed by atoms with E-state index in [1.165, 1.54) is 25.7 Å². The third-order valence-corrected chi connectivity index (χ3v) is 1.75. The van der Waals surface area contributed by atoms with Gasteiger partial charge in [0.2, 0.25) is 0 Å². The molecule has 1 unspecified atom stereocenters. The van der Waals surface area contributed by atoms with Gasteiger partial charge < -0.3 is 5.71 Å². The van der Waals surface area contributed by atoms with Crippen molar-refractivity contribution in [3.8, 4) is 0 Å². The Hall–Kier alpha value is 4.00. The first-order chi connectivity index (χ1) is 3.81. The van der Waals surface area contributed by atoms with Crippen molar-refractivity contribution in [1.29, 1.82) is 0 Å². The zero-order chi connectivity index (χ0) is 6.41.